The molecule has 0 aliphatic rings. The van der Waals surface area contributed by atoms with Gasteiger partial charge in [-0.15, -0.1) is 3.71 Å². The number of hydrogen-bond donors (Lipinski definition) is 0. The van der Waals surface area contributed by atoms with Gasteiger partial charge >= 0.3 is 0 Å². The minimum absolute atomic E-state index is 0.142. The van der Waals surface area contributed by atoms with Crippen LogP contribution in [0.5, 0.6) is 0 Å². The largest absolute Gasteiger partial charge is 0.297 e. The predicted molar refractivity (Wildman–Crippen MR) is 174 cm³/mol. The fourth-order valence-corrected chi connectivity index (χ4v) is 12.8. The third kappa shape index (κ3) is 6.55. The van der Waals surface area contributed by atoms with E-state index in [0.717, 1.165) is 7.28 Å². The summed E-state index contributed by atoms with van der Waals surface area (Å²) in [6.45, 7) is -1.29. The lowest BCUT2D eigenvalue weighted by Crippen LogP contribution is -2.38. The van der Waals surface area contributed by atoms with Gasteiger partial charge in [0.15, 0.2) is 17.5 Å². The molecule has 0 radical (unpaired) electrons. The molecule has 5 aromatic carbocycles. The Balaban J connectivity index is 1.76. The number of rotatable bonds is 11. The number of sulfonamides is 1. The quantitative estimate of drug-likeness (QED) is 0.0771. The van der Waals surface area contributed by atoms with Crippen molar-refractivity contribution >= 4 is 52.9 Å². The Kier molecular flexibility index (Phi) is 10.1. The molecule has 0 spiro atoms. The summed E-state index contributed by atoms with van der Waals surface area (Å²) in [7, 11) is -12.5. The van der Waals surface area contributed by atoms with Crippen molar-refractivity contribution in [3.8, 4) is 0 Å². The van der Waals surface area contributed by atoms with Crippen LogP contribution in [0.1, 0.15) is 0 Å². The summed E-state index contributed by atoms with van der Waals surface area (Å²) in [5, 5.41) is 0. The smallest absolute Gasteiger partial charge is 0.265 e. The van der Waals surface area contributed by atoms with E-state index in [2.05, 4.69) is 0 Å². The van der Waals surface area contributed by atoms with Crippen LogP contribution in [0, 0.1) is 21.0 Å². The van der Waals surface area contributed by atoms with Crippen LogP contribution in [0.3, 0.4) is 0 Å². The summed E-state index contributed by atoms with van der Waals surface area (Å²) in [5.74, 6) is -5.40. The summed E-state index contributed by atoms with van der Waals surface area (Å²) < 4.78 is 106. The molecule has 0 aliphatic heterocycles. The zero-order chi connectivity index (χ0) is 32.2. The molecular weight excluding hydrogens is 758 g/mol. The summed E-state index contributed by atoms with van der Waals surface area (Å²) in [6.07, 6.45) is 0. The van der Waals surface area contributed by atoms with Crippen molar-refractivity contribution < 1.29 is 34.2 Å². The van der Waals surface area contributed by atoms with Crippen LogP contribution < -0.4 is 0 Å². The maximum atomic E-state index is 15.3. The third-order valence-corrected chi connectivity index (χ3v) is 15.3. The number of benzene rings is 5. The van der Waals surface area contributed by atoms with Crippen molar-refractivity contribution in [2.24, 2.45) is 0 Å². The second-order valence-electron chi connectivity index (χ2n) is 9.45. The molecule has 0 fully saturated rings. The predicted octanol–water partition coefficient (Wildman–Crippen LogP) is 8.00. The van der Waals surface area contributed by atoms with E-state index in [-0.39, 0.29) is 4.90 Å². The van der Waals surface area contributed by atoms with Crippen molar-refractivity contribution in [3.63, 3.8) is 0 Å². The molecule has 0 atom stereocenters. The second-order valence-corrected chi connectivity index (χ2v) is 17.4. The van der Waals surface area contributed by atoms with E-state index in [1.807, 2.05) is 22.6 Å². The average Bonchev–Trinajstić information content (AvgIpc) is 3.05. The van der Waals surface area contributed by atoms with Crippen LogP contribution in [0.25, 0.3) is 0 Å². The molecule has 0 unspecified atom stereocenters. The van der Waals surface area contributed by atoms with Gasteiger partial charge in [-0.1, -0.05) is 64.8 Å². The van der Waals surface area contributed by atoms with E-state index >= 15 is 4.39 Å². The molecule has 0 heterocycles. The highest BCUT2D eigenvalue weighted by molar-refractivity contribution is 14.1. The Bertz CT molecular complexity index is 1910. The molecule has 0 aromatic heterocycles. The first-order valence-corrected chi connectivity index (χ1v) is 18.8. The van der Waals surface area contributed by atoms with Crippen molar-refractivity contribution in [2.75, 3.05) is 13.2 Å². The van der Waals surface area contributed by atoms with Crippen LogP contribution in [0.15, 0.2) is 152 Å². The SMILES string of the molecule is O=S(=O)(OCCN(S(c1ccccc1)(c1ccccc1)c1ccccc1)S(=O)(=O)c1ccc(F)c(F)c1F)c1ccc(I)cc1. The molecule has 234 valence electrons. The lowest BCUT2D eigenvalue weighted by atomic mass is 10.3. The van der Waals surface area contributed by atoms with Gasteiger partial charge in [-0.25, -0.2) is 21.6 Å². The van der Waals surface area contributed by atoms with Crippen LogP contribution in [0.2, 0.25) is 0 Å². The first kappa shape index (κ1) is 33.2. The van der Waals surface area contributed by atoms with Crippen molar-refractivity contribution in [1.82, 2.24) is 3.71 Å². The standard InChI is InChI=1S/C32H25F3INO5S3/c33-29-20-21-30(32(35)31(29)34)44(38,39)37(22-23-42-45(40,41)28-18-16-24(36)17-19-28)43(25-10-4-1-5-11-25,26-12-6-2-7-13-26)27-14-8-3-9-15-27/h1-21H,22-23H2. The van der Waals surface area contributed by atoms with Crippen molar-refractivity contribution in [2.45, 2.75) is 24.5 Å². The molecule has 6 nitrogen and oxygen atoms in total. The van der Waals surface area contributed by atoms with Gasteiger partial charge in [0.2, 0.25) is 0 Å². The maximum Gasteiger partial charge on any atom is 0.297 e. The second kappa shape index (κ2) is 13.6. The number of hydrogen-bond acceptors (Lipinski definition) is 5. The van der Waals surface area contributed by atoms with Crippen molar-refractivity contribution in [1.29, 1.82) is 0 Å². The van der Waals surface area contributed by atoms with Gasteiger partial charge in [-0.3, -0.25) is 4.18 Å². The average molecular weight is 784 g/mol. The zero-order valence-corrected chi connectivity index (χ0v) is 27.9. The summed E-state index contributed by atoms with van der Waals surface area (Å²) in [5.41, 5.74) is 0. The number of halogens is 4. The van der Waals surface area contributed by atoms with Crippen molar-refractivity contribution in [3.05, 3.63) is 148 Å². The summed E-state index contributed by atoms with van der Waals surface area (Å²) in [6, 6.07) is 32.8. The summed E-state index contributed by atoms with van der Waals surface area (Å²) in [4.78, 5) is 0.233. The normalized spacial score (nSPS) is 12.7. The van der Waals surface area contributed by atoms with Gasteiger partial charge in [0.1, 0.15) is 4.90 Å². The van der Waals surface area contributed by atoms with E-state index in [9.17, 15) is 25.6 Å². The monoisotopic (exact) mass is 783 g/mol. The van der Waals surface area contributed by atoms with Crippen LogP contribution >= 0.6 is 32.8 Å². The van der Waals surface area contributed by atoms with E-state index < -0.39 is 65.9 Å². The summed E-state index contributed by atoms with van der Waals surface area (Å²) >= 11 is 2.02. The molecule has 0 saturated carbocycles. The molecule has 0 aliphatic carbocycles. The van der Waals surface area contributed by atoms with E-state index in [4.69, 9.17) is 4.18 Å². The van der Waals surface area contributed by atoms with Crippen LogP contribution in [-0.4, -0.2) is 33.7 Å². The van der Waals surface area contributed by atoms with E-state index in [0.29, 0.717) is 26.8 Å². The molecule has 0 bridgehead atoms. The topological polar surface area (TPSA) is 80.8 Å². The van der Waals surface area contributed by atoms with Gasteiger partial charge in [0.05, 0.1) is 11.5 Å². The first-order chi connectivity index (χ1) is 21.5. The minimum Gasteiger partial charge on any atom is -0.265 e. The van der Waals surface area contributed by atoms with Gasteiger partial charge in [0, 0.05) is 24.8 Å². The first-order valence-electron chi connectivity index (χ1n) is 13.3. The highest BCUT2D eigenvalue weighted by Gasteiger charge is 2.45. The molecule has 0 amide bonds. The zero-order valence-electron chi connectivity index (χ0n) is 23.3. The highest BCUT2D eigenvalue weighted by atomic mass is 127. The highest BCUT2D eigenvalue weighted by Crippen LogP contribution is 2.71. The van der Waals surface area contributed by atoms with E-state index in [1.165, 1.54) is 12.1 Å². The Morgan fingerprint density at radius 1 is 0.578 bits per heavy atom. The Morgan fingerprint density at radius 2 is 1.04 bits per heavy atom. The van der Waals surface area contributed by atoms with Gasteiger partial charge in [-0.2, -0.15) is 8.42 Å². The lowest BCUT2D eigenvalue weighted by molar-refractivity contribution is 0.306. The van der Waals surface area contributed by atoms with Crippen LogP contribution in [0.4, 0.5) is 13.2 Å². The molecule has 45 heavy (non-hydrogen) atoms. The Morgan fingerprint density at radius 3 is 1.51 bits per heavy atom. The molecular formula is C32H25F3INO5S3. The fraction of sp³-hybridized carbons (Fsp3) is 0.0625. The van der Waals surface area contributed by atoms with Gasteiger partial charge < -0.3 is 0 Å². The lowest BCUT2D eigenvalue weighted by Gasteiger charge is -2.48. The van der Waals surface area contributed by atoms with Crippen LogP contribution in [-0.2, 0) is 24.3 Å². The molecule has 0 saturated heterocycles. The molecule has 5 rings (SSSR count). The Labute approximate surface area is 275 Å². The van der Waals surface area contributed by atoms with E-state index in [1.54, 1.807) is 103 Å². The minimum atomic E-state index is -5.05. The van der Waals surface area contributed by atoms with Gasteiger partial charge in [0.25, 0.3) is 20.1 Å². The van der Waals surface area contributed by atoms with Gasteiger partial charge in [-0.05, 0) is 95.4 Å². The molecule has 5 aromatic rings. The Hall–Kier alpha value is -3.21. The molecule has 13 heteroatoms. The fourth-order valence-electron chi connectivity index (χ4n) is 4.73. The third-order valence-electron chi connectivity index (χ3n) is 6.72. The molecule has 0 N–H and O–H groups in total. The number of nitrogens with zero attached hydrogens (tertiary/aromatic N) is 1. The maximum absolute atomic E-state index is 15.3.